The minimum atomic E-state index is -1.97. The summed E-state index contributed by atoms with van der Waals surface area (Å²) in [6.45, 7) is 4.00. The molecule has 0 saturated carbocycles. The van der Waals surface area contributed by atoms with Crippen LogP contribution in [0.2, 0.25) is 0 Å². The molecule has 1 unspecified atom stereocenters. The molecule has 0 aliphatic rings. The summed E-state index contributed by atoms with van der Waals surface area (Å²) >= 11 is -1.97. The lowest BCUT2D eigenvalue weighted by molar-refractivity contribution is 0.536. The van der Waals surface area contributed by atoms with Gasteiger partial charge < -0.3 is 4.55 Å². The number of hydrogen-bond donors (Lipinski definition) is 0. The highest BCUT2D eigenvalue weighted by Gasteiger charge is 1.87. The molecular weight excluding hydrogens is 172 g/mol. The van der Waals surface area contributed by atoms with Crippen molar-refractivity contribution >= 4 is 11.1 Å². The topological polar surface area (TPSA) is 40.1 Å². The molecule has 68 valence electrons. The maximum Gasteiger partial charge on any atom is 0.0353 e. The fourth-order valence-electron chi connectivity index (χ4n) is 0.710. The predicted octanol–water partition coefficient (Wildman–Crippen LogP) is 2.09. The molecule has 0 saturated heterocycles. The summed E-state index contributed by atoms with van der Waals surface area (Å²) in [5, 5.41) is 0. The van der Waals surface area contributed by atoms with Crippen molar-refractivity contribution in [3.63, 3.8) is 0 Å². The molecular formula is C9H13O2S-. The van der Waals surface area contributed by atoms with Crippen LogP contribution in [-0.4, -0.2) is 8.76 Å². The molecule has 1 aromatic carbocycles. The second kappa shape index (κ2) is 7.00. The maximum absolute atomic E-state index is 10.2. The van der Waals surface area contributed by atoms with Crippen molar-refractivity contribution in [3.05, 3.63) is 35.9 Å². The average molecular weight is 185 g/mol. The van der Waals surface area contributed by atoms with Gasteiger partial charge in [-0.1, -0.05) is 55.3 Å². The van der Waals surface area contributed by atoms with Crippen LogP contribution < -0.4 is 0 Å². The monoisotopic (exact) mass is 185 g/mol. The summed E-state index contributed by atoms with van der Waals surface area (Å²) in [7, 11) is 0. The molecule has 12 heavy (non-hydrogen) atoms. The number of rotatable bonds is 2. The highest BCUT2D eigenvalue weighted by atomic mass is 32.2. The zero-order chi connectivity index (χ0) is 9.40. The molecule has 0 spiro atoms. The van der Waals surface area contributed by atoms with E-state index >= 15 is 0 Å². The van der Waals surface area contributed by atoms with Gasteiger partial charge in [-0.25, -0.2) is 0 Å². The summed E-state index contributed by atoms with van der Waals surface area (Å²) in [6, 6.07) is 9.08. The largest absolute Gasteiger partial charge is 0.772 e. The SMILES string of the molecule is CC.O=S([O-])Cc1ccccc1. The lowest BCUT2D eigenvalue weighted by Crippen LogP contribution is -1.91. The third-order valence-corrected chi connectivity index (χ3v) is 1.70. The van der Waals surface area contributed by atoms with Gasteiger partial charge in [0.25, 0.3) is 0 Å². The predicted molar refractivity (Wildman–Crippen MR) is 50.4 cm³/mol. The molecule has 1 aromatic rings. The fourth-order valence-corrected chi connectivity index (χ4v) is 1.17. The van der Waals surface area contributed by atoms with Crippen molar-refractivity contribution < 1.29 is 8.76 Å². The van der Waals surface area contributed by atoms with E-state index < -0.39 is 11.1 Å². The first-order chi connectivity index (χ1) is 5.79. The zero-order valence-electron chi connectivity index (χ0n) is 7.32. The third-order valence-electron chi connectivity index (χ3n) is 1.13. The Bertz CT molecular complexity index is 221. The highest BCUT2D eigenvalue weighted by Crippen LogP contribution is 2.00. The van der Waals surface area contributed by atoms with E-state index in [9.17, 15) is 8.76 Å². The summed E-state index contributed by atoms with van der Waals surface area (Å²) in [5.41, 5.74) is 0.829. The van der Waals surface area contributed by atoms with Gasteiger partial charge in [-0.2, -0.15) is 0 Å². The normalized spacial score (nSPS) is 11.2. The van der Waals surface area contributed by atoms with E-state index in [0.717, 1.165) is 5.56 Å². The molecule has 0 bridgehead atoms. The average Bonchev–Trinajstić information content (AvgIpc) is 2.08. The van der Waals surface area contributed by atoms with E-state index in [-0.39, 0.29) is 5.75 Å². The van der Waals surface area contributed by atoms with E-state index in [1.165, 1.54) is 0 Å². The second-order valence-electron chi connectivity index (χ2n) is 1.93. The van der Waals surface area contributed by atoms with Gasteiger partial charge in [0, 0.05) is 5.75 Å². The molecule has 0 heterocycles. The number of hydrogen-bond acceptors (Lipinski definition) is 2. The Balaban J connectivity index is 0.000000561. The Morgan fingerprint density at radius 3 is 2.17 bits per heavy atom. The Labute approximate surface area is 75.9 Å². The van der Waals surface area contributed by atoms with Crippen molar-refractivity contribution in [3.8, 4) is 0 Å². The van der Waals surface area contributed by atoms with Gasteiger partial charge in [0.15, 0.2) is 0 Å². The van der Waals surface area contributed by atoms with Gasteiger partial charge >= 0.3 is 0 Å². The van der Waals surface area contributed by atoms with Crippen molar-refractivity contribution in [2.75, 3.05) is 0 Å². The summed E-state index contributed by atoms with van der Waals surface area (Å²) in [5.74, 6) is 0.112. The standard InChI is InChI=1S/C7H8O2S.C2H6/c8-10(9)6-7-4-2-1-3-5-7;1-2/h1-5H,6H2,(H,8,9);1-2H3/p-1. The fraction of sp³-hybridized carbons (Fsp3) is 0.333. The van der Waals surface area contributed by atoms with E-state index in [4.69, 9.17) is 0 Å². The molecule has 0 N–H and O–H groups in total. The van der Waals surface area contributed by atoms with Crippen LogP contribution in [0.1, 0.15) is 19.4 Å². The second-order valence-corrected chi connectivity index (χ2v) is 2.83. The van der Waals surface area contributed by atoms with Crippen molar-refractivity contribution in [1.82, 2.24) is 0 Å². The Morgan fingerprint density at radius 1 is 1.25 bits per heavy atom. The van der Waals surface area contributed by atoms with Crippen LogP contribution in [0.25, 0.3) is 0 Å². The van der Waals surface area contributed by atoms with Gasteiger partial charge in [0.05, 0.1) is 0 Å². The van der Waals surface area contributed by atoms with E-state index in [2.05, 4.69) is 0 Å². The van der Waals surface area contributed by atoms with E-state index in [0.29, 0.717) is 0 Å². The molecule has 3 heteroatoms. The molecule has 0 aliphatic carbocycles. The Hall–Kier alpha value is -0.670. The van der Waals surface area contributed by atoms with Crippen LogP contribution in [0.3, 0.4) is 0 Å². The van der Waals surface area contributed by atoms with Crippen LogP contribution in [0, 0.1) is 0 Å². The smallest absolute Gasteiger partial charge is 0.0353 e. The lowest BCUT2D eigenvalue weighted by Gasteiger charge is -2.02. The Kier molecular flexibility index (Phi) is 6.61. The summed E-state index contributed by atoms with van der Waals surface area (Å²) in [4.78, 5) is 0. The van der Waals surface area contributed by atoms with E-state index in [1.807, 2.05) is 32.0 Å². The van der Waals surface area contributed by atoms with Crippen LogP contribution in [0.15, 0.2) is 30.3 Å². The molecule has 1 rings (SSSR count). The summed E-state index contributed by atoms with van der Waals surface area (Å²) < 4.78 is 20.3. The minimum absolute atomic E-state index is 0.112. The Morgan fingerprint density at radius 2 is 1.75 bits per heavy atom. The lowest BCUT2D eigenvalue weighted by atomic mass is 10.2. The first kappa shape index (κ1) is 11.3. The van der Waals surface area contributed by atoms with Crippen LogP contribution in [0.4, 0.5) is 0 Å². The summed E-state index contributed by atoms with van der Waals surface area (Å²) in [6.07, 6.45) is 0. The minimum Gasteiger partial charge on any atom is -0.772 e. The van der Waals surface area contributed by atoms with Gasteiger partial charge in [-0.05, 0) is 5.56 Å². The maximum atomic E-state index is 10.2. The third kappa shape index (κ3) is 5.04. The van der Waals surface area contributed by atoms with Gasteiger partial charge in [0.1, 0.15) is 0 Å². The quantitative estimate of drug-likeness (QED) is 0.662. The molecule has 1 atom stereocenters. The van der Waals surface area contributed by atoms with Crippen LogP contribution in [-0.2, 0) is 16.8 Å². The first-order valence-corrected chi connectivity index (χ1v) is 5.13. The van der Waals surface area contributed by atoms with Crippen LogP contribution in [0.5, 0.6) is 0 Å². The molecule has 0 aliphatic heterocycles. The van der Waals surface area contributed by atoms with E-state index in [1.54, 1.807) is 12.1 Å². The zero-order valence-corrected chi connectivity index (χ0v) is 8.14. The molecule has 0 radical (unpaired) electrons. The molecule has 0 aromatic heterocycles. The molecule has 0 amide bonds. The van der Waals surface area contributed by atoms with Crippen molar-refractivity contribution in [2.45, 2.75) is 19.6 Å². The number of benzene rings is 1. The van der Waals surface area contributed by atoms with Crippen LogP contribution >= 0.6 is 0 Å². The first-order valence-electron chi connectivity index (χ1n) is 3.89. The van der Waals surface area contributed by atoms with Crippen molar-refractivity contribution in [1.29, 1.82) is 0 Å². The van der Waals surface area contributed by atoms with Crippen molar-refractivity contribution in [2.24, 2.45) is 0 Å². The highest BCUT2D eigenvalue weighted by molar-refractivity contribution is 7.78. The molecule has 2 nitrogen and oxygen atoms in total. The van der Waals surface area contributed by atoms with Gasteiger partial charge in [-0.15, -0.1) is 0 Å². The molecule has 0 fully saturated rings. The van der Waals surface area contributed by atoms with Gasteiger partial charge in [-0.3, -0.25) is 4.21 Å². The van der Waals surface area contributed by atoms with Gasteiger partial charge in [0.2, 0.25) is 0 Å².